The molecule has 2 nitrogen and oxygen atoms in total. The van der Waals surface area contributed by atoms with Crippen LogP contribution < -0.4 is 0 Å². The molecular weight excluding hydrogens is 210 g/mol. The first-order chi connectivity index (χ1) is 8.17. The maximum absolute atomic E-state index is 9.27. The molecule has 0 aliphatic heterocycles. The highest BCUT2D eigenvalue weighted by Crippen LogP contribution is 2.41. The number of rotatable bonds is 2. The molecule has 92 valence electrons. The Morgan fingerprint density at radius 2 is 1.94 bits per heavy atom. The van der Waals surface area contributed by atoms with E-state index in [9.17, 15) is 5.21 Å². The zero-order chi connectivity index (χ0) is 12.5. The number of oxime groups is 1. The van der Waals surface area contributed by atoms with E-state index in [1.807, 2.05) is 0 Å². The van der Waals surface area contributed by atoms with Crippen LogP contribution in [0.3, 0.4) is 0 Å². The largest absolute Gasteiger partial charge is 0.411 e. The van der Waals surface area contributed by atoms with E-state index in [0.717, 1.165) is 31.4 Å². The SMILES string of the molecule is CCC1(CC)/C(=N\O)CCc2ccc(C)cc21. The van der Waals surface area contributed by atoms with Crippen LogP contribution in [0, 0.1) is 6.92 Å². The molecule has 0 saturated carbocycles. The van der Waals surface area contributed by atoms with Crippen molar-refractivity contribution in [1.29, 1.82) is 0 Å². The van der Waals surface area contributed by atoms with Crippen LogP contribution in [0.1, 0.15) is 49.8 Å². The van der Waals surface area contributed by atoms with Crippen molar-refractivity contribution in [3.8, 4) is 0 Å². The highest BCUT2D eigenvalue weighted by Gasteiger charge is 2.39. The number of aryl methyl sites for hydroxylation is 2. The second-order valence-corrected chi connectivity index (χ2v) is 5.00. The smallest absolute Gasteiger partial charge is 0.0679 e. The predicted molar refractivity (Wildman–Crippen MR) is 71.0 cm³/mol. The van der Waals surface area contributed by atoms with Gasteiger partial charge in [0, 0.05) is 5.41 Å². The van der Waals surface area contributed by atoms with Crippen molar-refractivity contribution in [3.05, 3.63) is 34.9 Å². The fourth-order valence-electron chi connectivity index (χ4n) is 3.19. The Kier molecular flexibility index (Phi) is 3.23. The summed E-state index contributed by atoms with van der Waals surface area (Å²) in [5, 5.41) is 12.9. The summed E-state index contributed by atoms with van der Waals surface area (Å²) in [4.78, 5) is 0. The molecule has 17 heavy (non-hydrogen) atoms. The minimum atomic E-state index is -0.0473. The third kappa shape index (κ3) is 1.76. The van der Waals surface area contributed by atoms with Crippen molar-refractivity contribution in [2.45, 2.75) is 51.9 Å². The van der Waals surface area contributed by atoms with Gasteiger partial charge in [0.2, 0.25) is 0 Å². The lowest BCUT2D eigenvalue weighted by atomic mass is 9.65. The third-order valence-electron chi connectivity index (χ3n) is 4.29. The molecule has 0 atom stereocenters. The second kappa shape index (κ2) is 4.52. The average Bonchev–Trinajstić information content (AvgIpc) is 2.37. The monoisotopic (exact) mass is 231 g/mol. The van der Waals surface area contributed by atoms with Gasteiger partial charge in [-0.1, -0.05) is 42.8 Å². The van der Waals surface area contributed by atoms with Crippen LogP contribution in [-0.2, 0) is 11.8 Å². The molecule has 0 saturated heterocycles. The number of nitrogens with zero attached hydrogens (tertiary/aromatic N) is 1. The molecule has 0 heterocycles. The van der Waals surface area contributed by atoms with E-state index in [4.69, 9.17) is 0 Å². The summed E-state index contributed by atoms with van der Waals surface area (Å²) in [6.45, 7) is 6.50. The first-order valence-electron chi connectivity index (χ1n) is 6.49. The first kappa shape index (κ1) is 12.2. The number of hydrogen-bond donors (Lipinski definition) is 1. The molecule has 0 bridgehead atoms. The van der Waals surface area contributed by atoms with E-state index in [2.05, 4.69) is 44.1 Å². The Morgan fingerprint density at radius 1 is 1.24 bits per heavy atom. The summed E-state index contributed by atoms with van der Waals surface area (Å²) < 4.78 is 0. The Morgan fingerprint density at radius 3 is 2.53 bits per heavy atom. The van der Waals surface area contributed by atoms with Gasteiger partial charge >= 0.3 is 0 Å². The average molecular weight is 231 g/mol. The van der Waals surface area contributed by atoms with Gasteiger partial charge in [-0.25, -0.2) is 0 Å². The molecule has 0 spiro atoms. The lowest BCUT2D eigenvalue weighted by molar-refractivity contribution is 0.307. The normalized spacial score (nSPS) is 20.3. The fourth-order valence-corrected chi connectivity index (χ4v) is 3.19. The van der Waals surface area contributed by atoms with Crippen molar-refractivity contribution in [1.82, 2.24) is 0 Å². The summed E-state index contributed by atoms with van der Waals surface area (Å²) in [5.74, 6) is 0. The van der Waals surface area contributed by atoms with E-state index in [1.54, 1.807) is 0 Å². The van der Waals surface area contributed by atoms with Crippen LogP contribution in [-0.4, -0.2) is 10.9 Å². The molecular formula is C15H21NO. The van der Waals surface area contributed by atoms with Crippen LogP contribution in [0.2, 0.25) is 0 Å². The van der Waals surface area contributed by atoms with Gasteiger partial charge in [-0.3, -0.25) is 0 Å². The highest BCUT2D eigenvalue weighted by molar-refractivity contribution is 5.96. The van der Waals surface area contributed by atoms with Gasteiger partial charge in [0.25, 0.3) is 0 Å². The third-order valence-corrected chi connectivity index (χ3v) is 4.29. The molecule has 2 rings (SSSR count). The van der Waals surface area contributed by atoms with Crippen LogP contribution in [0.4, 0.5) is 0 Å². The quantitative estimate of drug-likeness (QED) is 0.609. The van der Waals surface area contributed by atoms with Gasteiger partial charge in [-0.05, 0) is 43.7 Å². The van der Waals surface area contributed by atoms with Crippen molar-refractivity contribution in [2.24, 2.45) is 5.16 Å². The molecule has 1 aliphatic carbocycles. The molecule has 1 aliphatic rings. The first-order valence-corrected chi connectivity index (χ1v) is 6.49. The summed E-state index contributed by atoms with van der Waals surface area (Å²) in [7, 11) is 0. The zero-order valence-electron chi connectivity index (χ0n) is 11.0. The fraction of sp³-hybridized carbons (Fsp3) is 0.533. The van der Waals surface area contributed by atoms with Crippen molar-refractivity contribution in [2.75, 3.05) is 0 Å². The Balaban J connectivity index is 2.65. The Bertz CT molecular complexity index is 444. The zero-order valence-corrected chi connectivity index (χ0v) is 11.0. The Labute approximate surface area is 103 Å². The van der Waals surface area contributed by atoms with Gasteiger partial charge in [0.1, 0.15) is 0 Å². The van der Waals surface area contributed by atoms with Crippen molar-refractivity contribution < 1.29 is 5.21 Å². The predicted octanol–water partition coefficient (Wildman–Crippen LogP) is 3.83. The number of hydrogen-bond acceptors (Lipinski definition) is 2. The summed E-state index contributed by atoms with van der Waals surface area (Å²) in [6.07, 6.45) is 3.88. The van der Waals surface area contributed by atoms with Gasteiger partial charge in [0.05, 0.1) is 5.71 Å². The molecule has 1 aromatic carbocycles. The van der Waals surface area contributed by atoms with Crippen LogP contribution in [0.25, 0.3) is 0 Å². The lowest BCUT2D eigenvalue weighted by Gasteiger charge is -2.38. The van der Waals surface area contributed by atoms with E-state index in [-0.39, 0.29) is 5.41 Å². The summed E-state index contributed by atoms with van der Waals surface area (Å²) in [6, 6.07) is 6.68. The second-order valence-electron chi connectivity index (χ2n) is 5.00. The Hall–Kier alpha value is -1.31. The van der Waals surface area contributed by atoms with Crippen molar-refractivity contribution >= 4 is 5.71 Å². The maximum Gasteiger partial charge on any atom is 0.0679 e. The van der Waals surface area contributed by atoms with E-state index in [0.29, 0.717) is 0 Å². The molecule has 1 aromatic rings. The van der Waals surface area contributed by atoms with E-state index in [1.165, 1.54) is 16.7 Å². The summed E-state index contributed by atoms with van der Waals surface area (Å²) >= 11 is 0. The van der Waals surface area contributed by atoms with Gasteiger partial charge in [0.15, 0.2) is 0 Å². The molecule has 2 heteroatoms. The highest BCUT2D eigenvalue weighted by atomic mass is 16.4. The molecule has 0 unspecified atom stereocenters. The topological polar surface area (TPSA) is 32.6 Å². The maximum atomic E-state index is 9.27. The minimum Gasteiger partial charge on any atom is -0.411 e. The molecule has 0 fully saturated rings. The van der Waals surface area contributed by atoms with Crippen LogP contribution >= 0.6 is 0 Å². The van der Waals surface area contributed by atoms with Crippen molar-refractivity contribution in [3.63, 3.8) is 0 Å². The molecule has 1 N–H and O–H groups in total. The van der Waals surface area contributed by atoms with Gasteiger partial charge < -0.3 is 5.21 Å². The molecule has 0 aromatic heterocycles. The van der Waals surface area contributed by atoms with E-state index < -0.39 is 0 Å². The number of fused-ring (bicyclic) bond motifs is 1. The molecule has 0 amide bonds. The minimum absolute atomic E-state index is 0.0473. The van der Waals surface area contributed by atoms with E-state index >= 15 is 0 Å². The summed E-state index contributed by atoms with van der Waals surface area (Å²) in [5.41, 5.74) is 5.00. The molecule has 0 radical (unpaired) electrons. The number of benzene rings is 1. The van der Waals surface area contributed by atoms with Crippen LogP contribution in [0.15, 0.2) is 23.4 Å². The van der Waals surface area contributed by atoms with Gasteiger partial charge in [-0.15, -0.1) is 0 Å². The lowest BCUT2D eigenvalue weighted by Crippen LogP contribution is -2.39. The standard InChI is InChI=1S/C15H21NO/c1-4-15(5-2)13-10-11(3)6-7-12(13)8-9-14(15)16-17/h6-7,10,17H,4-5,8-9H2,1-3H3/b16-14-. The van der Waals surface area contributed by atoms with Gasteiger partial charge in [-0.2, -0.15) is 0 Å². The van der Waals surface area contributed by atoms with Crippen LogP contribution in [0.5, 0.6) is 0 Å².